The van der Waals surface area contributed by atoms with Crippen molar-refractivity contribution in [3.63, 3.8) is 0 Å². The van der Waals surface area contributed by atoms with Crippen molar-refractivity contribution in [3.05, 3.63) is 75.6 Å². The highest BCUT2D eigenvalue weighted by Crippen LogP contribution is 2.23. The van der Waals surface area contributed by atoms with Crippen LogP contribution >= 0.6 is 0 Å². The van der Waals surface area contributed by atoms with Crippen molar-refractivity contribution in [1.29, 1.82) is 0 Å². The first-order valence-corrected chi connectivity index (χ1v) is 9.43. The first-order chi connectivity index (χ1) is 14.2. The van der Waals surface area contributed by atoms with Gasteiger partial charge in [0.1, 0.15) is 17.9 Å². The zero-order valence-electron chi connectivity index (χ0n) is 17.3. The Hall–Kier alpha value is -3.61. The van der Waals surface area contributed by atoms with Gasteiger partial charge < -0.3 is 18.8 Å². The Bertz CT molecular complexity index is 1130. The molecule has 0 aliphatic carbocycles. The molecule has 0 N–H and O–H groups in total. The Balaban J connectivity index is 1.63. The molecule has 1 atom stereocenters. The topological polar surface area (TPSA) is 86.0 Å². The number of ether oxygens (including phenoxy) is 2. The third-order valence-electron chi connectivity index (χ3n) is 4.59. The summed E-state index contributed by atoms with van der Waals surface area (Å²) >= 11 is 0. The molecule has 7 heteroatoms. The van der Waals surface area contributed by atoms with Gasteiger partial charge in [-0.1, -0.05) is 12.1 Å². The van der Waals surface area contributed by atoms with Gasteiger partial charge in [-0.25, -0.2) is 9.59 Å². The molecule has 0 fully saturated rings. The maximum atomic E-state index is 12.2. The summed E-state index contributed by atoms with van der Waals surface area (Å²) in [5, 5.41) is 0.854. The lowest BCUT2D eigenvalue weighted by Gasteiger charge is -2.17. The van der Waals surface area contributed by atoms with Gasteiger partial charge in [-0.15, -0.1) is 0 Å². The predicted octanol–water partition coefficient (Wildman–Crippen LogP) is 3.31. The molecule has 3 rings (SSSR count). The molecule has 7 nitrogen and oxygen atoms in total. The van der Waals surface area contributed by atoms with Crippen LogP contribution in [0.1, 0.15) is 28.4 Å². The SMILES string of the molecule is Cc1cc(=O)oc2cc(OCc3ccc(C(=O)OC(C)C(=O)N(C)C)cc3)ccc12. The Labute approximate surface area is 173 Å². The lowest BCUT2D eigenvalue weighted by atomic mass is 10.1. The number of fused-ring (bicyclic) bond motifs is 1. The van der Waals surface area contributed by atoms with Crippen molar-refractivity contribution in [2.75, 3.05) is 14.1 Å². The Kier molecular flexibility index (Phi) is 6.20. The number of carbonyl (C=O) groups is 2. The fourth-order valence-corrected chi connectivity index (χ4v) is 2.94. The minimum Gasteiger partial charge on any atom is -0.489 e. The van der Waals surface area contributed by atoms with E-state index in [1.54, 1.807) is 44.4 Å². The van der Waals surface area contributed by atoms with Crippen LogP contribution in [-0.4, -0.2) is 37.0 Å². The van der Waals surface area contributed by atoms with Crippen molar-refractivity contribution in [2.45, 2.75) is 26.6 Å². The summed E-state index contributed by atoms with van der Waals surface area (Å²) in [6.07, 6.45) is -0.855. The zero-order chi connectivity index (χ0) is 21.8. The highest BCUT2D eigenvalue weighted by molar-refractivity contribution is 5.92. The molecule has 156 valence electrons. The summed E-state index contributed by atoms with van der Waals surface area (Å²) in [5.74, 6) is -0.282. The second-order valence-electron chi connectivity index (χ2n) is 7.17. The van der Waals surface area contributed by atoms with Crippen LogP contribution in [0.5, 0.6) is 5.75 Å². The van der Waals surface area contributed by atoms with E-state index in [1.165, 1.54) is 17.9 Å². The molecule has 0 saturated heterocycles. The van der Waals surface area contributed by atoms with Gasteiger partial charge in [-0.05, 0) is 49.2 Å². The van der Waals surface area contributed by atoms with Crippen molar-refractivity contribution >= 4 is 22.8 Å². The number of amides is 1. The molecule has 1 unspecified atom stereocenters. The molecule has 0 bridgehead atoms. The number of aryl methyl sites for hydroxylation is 1. The van der Waals surface area contributed by atoms with Crippen LogP contribution in [-0.2, 0) is 16.1 Å². The fourth-order valence-electron chi connectivity index (χ4n) is 2.94. The molecule has 1 heterocycles. The minimum absolute atomic E-state index is 0.270. The largest absolute Gasteiger partial charge is 0.489 e. The maximum absolute atomic E-state index is 12.2. The van der Waals surface area contributed by atoms with E-state index in [0.717, 1.165) is 16.5 Å². The second kappa shape index (κ2) is 8.82. The zero-order valence-corrected chi connectivity index (χ0v) is 17.3. The molecule has 2 aromatic carbocycles. The van der Waals surface area contributed by atoms with Crippen LogP contribution in [0.3, 0.4) is 0 Å². The van der Waals surface area contributed by atoms with Crippen molar-refractivity contribution in [3.8, 4) is 5.75 Å². The predicted molar refractivity (Wildman–Crippen MR) is 112 cm³/mol. The van der Waals surface area contributed by atoms with Gasteiger partial charge in [0, 0.05) is 31.6 Å². The van der Waals surface area contributed by atoms with Gasteiger partial charge in [0.25, 0.3) is 5.91 Å². The summed E-state index contributed by atoms with van der Waals surface area (Å²) in [6.45, 7) is 3.66. The van der Waals surface area contributed by atoms with Crippen LogP contribution < -0.4 is 10.4 Å². The lowest BCUT2D eigenvalue weighted by molar-refractivity contribution is -0.137. The number of hydrogen-bond donors (Lipinski definition) is 0. The minimum atomic E-state index is -0.855. The summed E-state index contributed by atoms with van der Waals surface area (Å²) in [6, 6.07) is 13.5. The van der Waals surface area contributed by atoms with E-state index in [0.29, 0.717) is 16.9 Å². The standard InChI is InChI=1S/C23H23NO6/c1-14-11-21(25)30-20-12-18(9-10-19(14)20)28-13-16-5-7-17(8-6-16)23(27)29-15(2)22(26)24(3)4/h5-12,15H,13H2,1-4H3. The summed E-state index contributed by atoms with van der Waals surface area (Å²) < 4.78 is 16.2. The van der Waals surface area contributed by atoms with E-state index in [1.807, 2.05) is 19.1 Å². The lowest BCUT2D eigenvalue weighted by Crippen LogP contribution is -2.34. The molecular weight excluding hydrogens is 386 g/mol. The number of benzene rings is 2. The Morgan fingerprint density at radius 3 is 2.43 bits per heavy atom. The summed E-state index contributed by atoms with van der Waals surface area (Å²) in [4.78, 5) is 36.9. The van der Waals surface area contributed by atoms with Crippen molar-refractivity contribution in [2.24, 2.45) is 0 Å². The van der Waals surface area contributed by atoms with E-state index in [-0.39, 0.29) is 12.5 Å². The van der Waals surface area contributed by atoms with E-state index in [9.17, 15) is 14.4 Å². The number of carbonyl (C=O) groups excluding carboxylic acids is 2. The van der Waals surface area contributed by atoms with Crippen LogP contribution in [0.2, 0.25) is 0 Å². The quantitative estimate of drug-likeness (QED) is 0.459. The average molecular weight is 409 g/mol. The molecule has 0 saturated carbocycles. The maximum Gasteiger partial charge on any atom is 0.338 e. The van der Waals surface area contributed by atoms with Gasteiger partial charge in [0.05, 0.1) is 5.56 Å². The molecule has 1 amide bonds. The summed E-state index contributed by atoms with van der Waals surface area (Å²) in [5.41, 5.74) is 2.10. The van der Waals surface area contributed by atoms with Gasteiger partial charge in [-0.2, -0.15) is 0 Å². The molecule has 30 heavy (non-hydrogen) atoms. The summed E-state index contributed by atoms with van der Waals surface area (Å²) in [7, 11) is 3.21. The molecule has 0 aliphatic rings. The molecular formula is C23H23NO6. The second-order valence-corrected chi connectivity index (χ2v) is 7.17. The Morgan fingerprint density at radius 2 is 1.77 bits per heavy atom. The van der Waals surface area contributed by atoms with E-state index < -0.39 is 17.7 Å². The molecule has 0 aliphatic heterocycles. The average Bonchev–Trinajstić information content (AvgIpc) is 2.71. The smallest absolute Gasteiger partial charge is 0.338 e. The van der Waals surface area contributed by atoms with Crippen molar-refractivity contribution in [1.82, 2.24) is 4.90 Å². The normalized spacial score (nSPS) is 11.7. The van der Waals surface area contributed by atoms with Crippen LogP contribution in [0.4, 0.5) is 0 Å². The number of nitrogens with zero attached hydrogens (tertiary/aromatic N) is 1. The van der Waals surface area contributed by atoms with Gasteiger partial charge in [0.15, 0.2) is 6.10 Å². The third kappa shape index (κ3) is 4.86. The third-order valence-corrected chi connectivity index (χ3v) is 4.59. The van der Waals surface area contributed by atoms with Gasteiger partial charge >= 0.3 is 11.6 Å². The highest BCUT2D eigenvalue weighted by Gasteiger charge is 2.20. The van der Waals surface area contributed by atoms with E-state index in [4.69, 9.17) is 13.9 Å². The fraction of sp³-hybridized carbons (Fsp3) is 0.261. The first kappa shape index (κ1) is 21.1. The number of rotatable bonds is 6. The number of hydrogen-bond acceptors (Lipinski definition) is 6. The van der Waals surface area contributed by atoms with Gasteiger partial charge in [-0.3, -0.25) is 4.79 Å². The van der Waals surface area contributed by atoms with Crippen LogP contribution in [0.15, 0.2) is 57.7 Å². The molecule has 0 spiro atoms. The first-order valence-electron chi connectivity index (χ1n) is 9.43. The van der Waals surface area contributed by atoms with Crippen molar-refractivity contribution < 1.29 is 23.5 Å². The monoisotopic (exact) mass is 409 g/mol. The van der Waals surface area contributed by atoms with E-state index in [2.05, 4.69) is 0 Å². The number of likely N-dealkylation sites (N-methyl/N-ethyl adjacent to an activating group) is 1. The molecule has 1 aromatic heterocycles. The highest BCUT2D eigenvalue weighted by atomic mass is 16.5. The molecule has 0 radical (unpaired) electrons. The molecule has 3 aromatic rings. The van der Waals surface area contributed by atoms with Crippen LogP contribution in [0, 0.1) is 6.92 Å². The Morgan fingerprint density at radius 1 is 1.07 bits per heavy atom. The van der Waals surface area contributed by atoms with Gasteiger partial charge in [0.2, 0.25) is 0 Å². The van der Waals surface area contributed by atoms with Crippen LogP contribution in [0.25, 0.3) is 11.0 Å². The van der Waals surface area contributed by atoms with E-state index >= 15 is 0 Å². The number of esters is 1.